The van der Waals surface area contributed by atoms with Gasteiger partial charge in [0.1, 0.15) is 0 Å². The number of aliphatic hydroxyl groups excluding tert-OH is 1. The summed E-state index contributed by atoms with van der Waals surface area (Å²) in [6, 6.07) is 6.78. The molecule has 0 saturated carbocycles. The first kappa shape index (κ1) is 15.4. The average Bonchev–Trinajstić information content (AvgIpc) is 2.29. The van der Waals surface area contributed by atoms with Crippen LogP contribution in [0, 0.1) is 0 Å². The van der Waals surface area contributed by atoms with Crippen LogP contribution in [0.25, 0.3) is 0 Å². The lowest BCUT2D eigenvalue weighted by Crippen LogP contribution is -2.29. The molecule has 18 heavy (non-hydrogen) atoms. The summed E-state index contributed by atoms with van der Waals surface area (Å²) in [5.74, 6) is 0.0162. The first-order valence-corrected chi connectivity index (χ1v) is 7.84. The summed E-state index contributed by atoms with van der Waals surface area (Å²) in [6.45, 7) is 1.76. The Morgan fingerprint density at radius 2 is 2.00 bits per heavy atom. The van der Waals surface area contributed by atoms with E-state index in [1.807, 2.05) is 6.07 Å². The molecule has 0 bridgehead atoms. The Hall–Kier alpha value is -0.620. The third-order valence-corrected chi connectivity index (χ3v) is 4.43. The van der Waals surface area contributed by atoms with Crippen molar-refractivity contribution in [1.82, 2.24) is 4.72 Å². The van der Waals surface area contributed by atoms with E-state index in [2.05, 4.69) is 4.72 Å². The fourth-order valence-corrected chi connectivity index (χ4v) is 3.29. The lowest BCUT2D eigenvalue weighted by Gasteiger charge is -2.15. The minimum atomic E-state index is -3.34. The monoisotopic (exact) mass is 291 g/mol. The smallest absolute Gasteiger partial charge is 0.212 e. The Morgan fingerprint density at radius 3 is 2.61 bits per heavy atom. The van der Waals surface area contributed by atoms with E-state index in [1.54, 1.807) is 25.1 Å². The highest BCUT2D eigenvalue weighted by Gasteiger charge is 2.16. The minimum Gasteiger partial charge on any atom is -0.396 e. The third kappa shape index (κ3) is 4.94. The van der Waals surface area contributed by atoms with E-state index < -0.39 is 10.0 Å². The van der Waals surface area contributed by atoms with Crippen molar-refractivity contribution < 1.29 is 13.5 Å². The summed E-state index contributed by atoms with van der Waals surface area (Å²) < 4.78 is 26.1. The minimum absolute atomic E-state index is 0.00951. The molecule has 0 saturated heterocycles. The van der Waals surface area contributed by atoms with Crippen LogP contribution in [0.15, 0.2) is 24.3 Å². The molecule has 1 aromatic rings. The molecular weight excluding hydrogens is 274 g/mol. The number of unbranched alkanes of at least 4 members (excludes halogenated alkanes) is 1. The van der Waals surface area contributed by atoms with E-state index in [9.17, 15) is 8.42 Å². The second kappa shape index (κ2) is 7.09. The third-order valence-electron chi connectivity index (χ3n) is 2.55. The number of nitrogens with one attached hydrogen (secondary N) is 1. The van der Waals surface area contributed by atoms with E-state index >= 15 is 0 Å². The summed E-state index contributed by atoms with van der Waals surface area (Å²) in [5.41, 5.74) is 0.755. The van der Waals surface area contributed by atoms with Gasteiger partial charge in [0.25, 0.3) is 0 Å². The fraction of sp³-hybridized carbons (Fsp3) is 0.500. The molecule has 0 aliphatic carbocycles. The van der Waals surface area contributed by atoms with E-state index in [-0.39, 0.29) is 18.4 Å². The second-order valence-corrected chi connectivity index (χ2v) is 6.39. The highest BCUT2D eigenvalue weighted by molar-refractivity contribution is 7.89. The van der Waals surface area contributed by atoms with E-state index in [0.717, 1.165) is 5.56 Å². The highest BCUT2D eigenvalue weighted by atomic mass is 35.5. The molecule has 2 N–H and O–H groups in total. The van der Waals surface area contributed by atoms with Gasteiger partial charge in [-0.2, -0.15) is 0 Å². The SMILES string of the molecule is CC(NS(=O)(=O)CCCCO)c1ccccc1Cl. The van der Waals surface area contributed by atoms with Gasteiger partial charge in [-0.25, -0.2) is 13.1 Å². The Kier molecular flexibility index (Phi) is 6.08. The molecule has 0 spiro atoms. The van der Waals surface area contributed by atoms with Crippen molar-refractivity contribution in [1.29, 1.82) is 0 Å². The number of hydrogen-bond acceptors (Lipinski definition) is 3. The van der Waals surface area contributed by atoms with Crippen LogP contribution >= 0.6 is 11.6 Å². The summed E-state index contributed by atoms with van der Waals surface area (Å²) in [5, 5.41) is 9.17. The van der Waals surface area contributed by atoms with Gasteiger partial charge in [0.05, 0.1) is 5.75 Å². The zero-order chi connectivity index (χ0) is 13.6. The normalized spacial score (nSPS) is 13.5. The predicted octanol–water partition coefficient (Wildman–Crippen LogP) is 2.09. The predicted molar refractivity (Wildman–Crippen MR) is 73.1 cm³/mol. The van der Waals surface area contributed by atoms with Gasteiger partial charge >= 0.3 is 0 Å². The number of halogens is 1. The molecule has 0 fully saturated rings. The highest BCUT2D eigenvalue weighted by Crippen LogP contribution is 2.22. The summed E-state index contributed by atoms with van der Waals surface area (Å²) in [4.78, 5) is 0. The quantitative estimate of drug-likeness (QED) is 0.756. The zero-order valence-electron chi connectivity index (χ0n) is 10.3. The number of rotatable bonds is 7. The maximum absolute atomic E-state index is 11.8. The van der Waals surface area contributed by atoms with Gasteiger partial charge in [0.15, 0.2) is 0 Å². The first-order valence-electron chi connectivity index (χ1n) is 5.81. The molecule has 0 amide bonds. The molecule has 1 atom stereocenters. The van der Waals surface area contributed by atoms with E-state index in [1.165, 1.54) is 0 Å². The van der Waals surface area contributed by atoms with Crippen LogP contribution < -0.4 is 4.72 Å². The Labute approximate surface area is 113 Å². The summed E-state index contributed by atoms with van der Waals surface area (Å²) in [7, 11) is -3.34. The van der Waals surface area contributed by atoms with Crippen molar-refractivity contribution in [2.24, 2.45) is 0 Å². The van der Waals surface area contributed by atoms with Crippen molar-refractivity contribution in [3.05, 3.63) is 34.9 Å². The van der Waals surface area contributed by atoms with Crippen LogP contribution in [0.4, 0.5) is 0 Å². The summed E-state index contributed by atoms with van der Waals surface area (Å²) in [6.07, 6.45) is 0.933. The molecule has 4 nitrogen and oxygen atoms in total. The van der Waals surface area contributed by atoms with Crippen LogP contribution in [0.2, 0.25) is 5.02 Å². The van der Waals surface area contributed by atoms with Crippen LogP contribution in [0.1, 0.15) is 31.4 Å². The van der Waals surface area contributed by atoms with Crippen LogP contribution in [-0.4, -0.2) is 25.9 Å². The molecule has 1 rings (SSSR count). The Bertz CT molecular complexity index is 476. The molecule has 0 aromatic heterocycles. The van der Waals surface area contributed by atoms with E-state index in [0.29, 0.717) is 17.9 Å². The fourth-order valence-electron chi connectivity index (χ4n) is 1.62. The van der Waals surface area contributed by atoms with Crippen molar-refractivity contribution >= 4 is 21.6 Å². The molecule has 0 radical (unpaired) electrons. The Morgan fingerprint density at radius 1 is 1.33 bits per heavy atom. The molecular formula is C12H18ClNO3S. The Balaban J connectivity index is 2.64. The van der Waals surface area contributed by atoms with Gasteiger partial charge in [-0.1, -0.05) is 29.8 Å². The lowest BCUT2D eigenvalue weighted by molar-refractivity contribution is 0.287. The zero-order valence-corrected chi connectivity index (χ0v) is 11.8. The second-order valence-electron chi connectivity index (χ2n) is 4.11. The van der Waals surface area contributed by atoms with Crippen molar-refractivity contribution in [3.63, 3.8) is 0 Å². The molecule has 0 aliphatic rings. The number of benzene rings is 1. The van der Waals surface area contributed by atoms with Gasteiger partial charge in [-0.05, 0) is 31.4 Å². The van der Waals surface area contributed by atoms with Gasteiger partial charge in [0, 0.05) is 17.7 Å². The van der Waals surface area contributed by atoms with Gasteiger partial charge < -0.3 is 5.11 Å². The molecule has 1 unspecified atom stereocenters. The molecule has 0 aliphatic heterocycles. The van der Waals surface area contributed by atoms with Gasteiger partial charge in [-0.15, -0.1) is 0 Å². The standard InChI is InChI=1S/C12H18ClNO3S/c1-10(11-6-2-3-7-12(11)13)14-18(16,17)9-5-4-8-15/h2-3,6-7,10,14-15H,4-5,8-9H2,1H3. The molecule has 102 valence electrons. The largest absolute Gasteiger partial charge is 0.396 e. The molecule has 0 heterocycles. The molecule has 6 heteroatoms. The van der Waals surface area contributed by atoms with Crippen LogP contribution in [0.5, 0.6) is 0 Å². The van der Waals surface area contributed by atoms with Crippen LogP contribution in [0.3, 0.4) is 0 Å². The number of hydrogen-bond donors (Lipinski definition) is 2. The number of sulfonamides is 1. The van der Waals surface area contributed by atoms with Crippen LogP contribution in [-0.2, 0) is 10.0 Å². The van der Waals surface area contributed by atoms with Crippen molar-refractivity contribution in [3.8, 4) is 0 Å². The lowest BCUT2D eigenvalue weighted by atomic mass is 10.1. The van der Waals surface area contributed by atoms with E-state index in [4.69, 9.17) is 16.7 Å². The van der Waals surface area contributed by atoms with Gasteiger partial charge in [-0.3, -0.25) is 0 Å². The van der Waals surface area contributed by atoms with Crippen molar-refractivity contribution in [2.75, 3.05) is 12.4 Å². The molecule has 1 aromatic carbocycles. The van der Waals surface area contributed by atoms with Gasteiger partial charge in [0.2, 0.25) is 10.0 Å². The average molecular weight is 292 g/mol. The maximum atomic E-state index is 11.8. The number of aliphatic hydroxyl groups is 1. The maximum Gasteiger partial charge on any atom is 0.212 e. The first-order chi connectivity index (χ1) is 8.46. The van der Waals surface area contributed by atoms with Crippen molar-refractivity contribution in [2.45, 2.75) is 25.8 Å². The topological polar surface area (TPSA) is 66.4 Å². The summed E-state index contributed by atoms with van der Waals surface area (Å²) >= 11 is 6.01.